The highest BCUT2D eigenvalue weighted by Crippen LogP contribution is 2.13. The van der Waals surface area contributed by atoms with Gasteiger partial charge in [0.2, 0.25) is 0 Å². The highest BCUT2D eigenvalue weighted by molar-refractivity contribution is 6.61. The summed E-state index contributed by atoms with van der Waals surface area (Å²) in [6.45, 7) is 0.334. The van der Waals surface area contributed by atoms with Crippen LogP contribution in [0.4, 0.5) is 0 Å². The smallest absolute Gasteiger partial charge is 0.423 e. The van der Waals surface area contributed by atoms with E-state index in [9.17, 15) is 5.02 Å². The SMILES string of the molecule is N#Cc1cccc2c1COB2O. The van der Waals surface area contributed by atoms with Crippen LogP contribution in [0.3, 0.4) is 0 Å². The molecule has 2 rings (SSSR count). The third kappa shape index (κ3) is 0.917. The van der Waals surface area contributed by atoms with Gasteiger partial charge in [-0.1, -0.05) is 12.1 Å². The Hall–Kier alpha value is -1.31. The lowest BCUT2D eigenvalue weighted by Gasteiger charge is -1.97. The molecule has 1 aromatic rings. The normalized spacial score (nSPS) is 14.2. The lowest BCUT2D eigenvalue weighted by molar-refractivity contribution is 0.275. The van der Waals surface area contributed by atoms with Crippen molar-refractivity contribution in [2.24, 2.45) is 0 Å². The fourth-order valence-electron chi connectivity index (χ4n) is 1.35. The largest absolute Gasteiger partial charge is 0.491 e. The minimum atomic E-state index is -0.853. The van der Waals surface area contributed by atoms with Crippen LogP contribution in [0.5, 0.6) is 0 Å². The fourth-order valence-corrected chi connectivity index (χ4v) is 1.35. The summed E-state index contributed by atoms with van der Waals surface area (Å²) in [5.41, 5.74) is 2.12. The van der Waals surface area contributed by atoms with Gasteiger partial charge in [0, 0.05) is 0 Å². The average molecular weight is 159 g/mol. The molecule has 0 fully saturated rings. The first-order valence-electron chi connectivity index (χ1n) is 3.64. The molecule has 4 heteroatoms. The molecule has 1 aromatic carbocycles. The summed E-state index contributed by atoms with van der Waals surface area (Å²) in [5, 5.41) is 18.0. The standard InChI is InChI=1S/C8H6BNO2/c10-4-6-2-1-3-8-7(6)5-12-9(8)11/h1-3,11H,5H2. The highest BCUT2D eigenvalue weighted by Gasteiger charge is 2.28. The molecule has 1 aliphatic rings. The van der Waals surface area contributed by atoms with Gasteiger partial charge in [-0.2, -0.15) is 5.26 Å². The molecule has 0 radical (unpaired) electrons. The topological polar surface area (TPSA) is 53.2 Å². The van der Waals surface area contributed by atoms with E-state index in [2.05, 4.69) is 6.07 Å². The second kappa shape index (κ2) is 2.63. The second-order valence-corrected chi connectivity index (χ2v) is 2.65. The van der Waals surface area contributed by atoms with Crippen molar-refractivity contribution >= 4 is 12.6 Å². The molecule has 0 aliphatic carbocycles. The summed E-state index contributed by atoms with van der Waals surface area (Å²) in [6, 6.07) is 7.30. The molecule has 3 nitrogen and oxygen atoms in total. The third-order valence-electron chi connectivity index (χ3n) is 1.98. The summed E-state index contributed by atoms with van der Waals surface area (Å²) >= 11 is 0. The lowest BCUT2D eigenvalue weighted by Crippen LogP contribution is -2.28. The molecule has 1 aliphatic heterocycles. The first-order chi connectivity index (χ1) is 5.83. The molecule has 0 saturated carbocycles. The molecule has 1 N–H and O–H groups in total. The number of hydrogen-bond donors (Lipinski definition) is 1. The van der Waals surface area contributed by atoms with Crippen LogP contribution in [-0.2, 0) is 11.3 Å². The molecular weight excluding hydrogens is 153 g/mol. The molecule has 0 aromatic heterocycles. The van der Waals surface area contributed by atoms with Crippen molar-refractivity contribution in [3.63, 3.8) is 0 Å². The average Bonchev–Trinajstić information content (AvgIpc) is 2.48. The summed E-state index contributed by atoms with van der Waals surface area (Å²) < 4.78 is 4.97. The van der Waals surface area contributed by atoms with E-state index in [1.54, 1.807) is 18.2 Å². The van der Waals surface area contributed by atoms with Gasteiger partial charge in [-0.25, -0.2) is 0 Å². The van der Waals surface area contributed by atoms with Crippen LogP contribution in [-0.4, -0.2) is 12.1 Å². The van der Waals surface area contributed by atoms with Crippen molar-refractivity contribution in [3.05, 3.63) is 29.3 Å². The summed E-state index contributed by atoms with van der Waals surface area (Å²) in [4.78, 5) is 0. The zero-order valence-corrected chi connectivity index (χ0v) is 6.32. The van der Waals surface area contributed by atoms with E-state index in [1.807, 2.05) is 0 Å². The van der Waals surface area contributed by atoms with E-state index in [1.165, 1.54) is 0 Å². The zero-order chi connectivity index (χ0) is 8.55. The molecule has 0 saturated heterocycles. The van der Waals surface area contributed by atoms with E-state index in [0.29, 0.717) is 17.6 Å². The quantitative estimate of drug-likeness (QED) is 0.532. The molecule has 0 amide bonds. The molecule has 1 heterocycles. The van der Waals surface area contributed by atoms with Gasteiger partial charge in [0.15, 0.2) is 0 Å². The van der Waals surface area contributed by atoms with Gasteiger partial charge < -0.3 is 9.68 Å². The molecular formula is C8H6BNO2. The van der Waals surface area contributed by atoms with Crippen LogP contribution >= 0.6 is 0 Å². The number of nitrogens with zero attached hydrogens (tertiary/aromatic N) is 1. The van der Waals surface area contributed by atoms with Crippen LogP contribution in [0.2, 0.25) is 0 Å². The molecule has 58 valence electrons. The van der Waals surface area contributed by atoms with Crippen LogP contribution in [0, 0.1) is 11.3 Å². The number of hydrogen-bond acceptors (Lipinski definition) is 3. The summed E-state index contributed by atoms with van der Waals surface area (Å²) in [5.74, 6) is 0. The maximum Gasteiger partial charge on any atom is 0.491 e. The predicted molar refractivity (Wildman–Crippen MR) is 43.6 cm³/mol. The Bertz CT molecular complexity index is 359. The summed E-state index contributed by atoms with van der Waals surface area (Å²) in [7, 11) is -0.853. The first kappa shape index (κ1) is 7.35. The van der Waals surface area contributed by atoms with Gasteiger partial charge in [0.05, 0.1) is 18.2 Å². The van der Waals surface area contributed by atoms with Crippen molar-refractivity contribution in [1.82, 2.24) is 0 Å². The van der Waals surface area contributed by atoms with Crippen molar-refractivity contribution < 1.29 is 9.68 Å². The molecule has 0 unspecified atom stereocenters. The highest BCUT2D eigenvalue weighted by atomic mass is 16.5. The van der Waals surface area contributed by atoms with Crippen molar-refractivity contribution in [1.29, 1.82) is 5.26 Å². The number of rotatable bonds is 0. The molecule has 0 atom stereocenters. The Labute approximate surface area is 70.3 Å². The zero-order valence-electron chi connectivity index (χ0n) is 6.32. The minimum absolute atomic E-state index is 0.334. The van der Waals surface area contributed by atoms with Gasteiger partial charge in [-0.05, 0) is 17.1 Å². The monoisotopic (exact) mass is 159 g/mol. The Kier molecular flexibility index (Phi) is 1.61. The number of fused-ring (bicyclic) bond motifs is 1. The van der Waals surface area contributed by atoms with E-state index < -0.39 is 7.12 Å². The maximum absolute atomic E-state index is 9.27. The van der Waals surface area contributed by atoms with Gasteiger partial charge in [-0.15, -0.1) is 0 Å². The lowest BCUT2D eigenvalue weighted by atomic mass is 9.78. The van der Waals surface area contributed by atoms with Crippen LogP contribution in [0.15, 0.2) is 18.2 Å². The van der Waals surface area contributed by atoms with Crippen molar-refractivity contribution in [3.8, 4) is 6.07 Å². The summed E-state index contributed by atoms with van der Waals surface area (Å²) in [6.07, 6.45) is 0. The van der Waals surface area contributed by atoms with E-state index in [-0.39, 0.29) is 0 Å². The molecule has 12 heavy (non-hydrogen) atoms. The maximum atomic E-state index is 9.27. The van der Waals surface area contributed by atoms with Crippen molar-refractivity contribution in [2.75, 3.05) is 0 Å². The van der Waals surface area contributed by atoms with Gasteiger partial charge in [0.1, 0.15) is 0 Å². The Balaban J connectivity index is 2.60. The van der Waals surface area contributed by atoms with Gasteiger partial charge in [0.25, 0.3) is 0 Å². The minimum Gasteiger partial charge on any atom is -0.423 e. The van der Waals surface area contributed by atoms with Crippen molar-refractivity contribution in [2.45, 2.75) is 6.61 Å². The van der Waals surface area contributed by atoms with Gasteiger partial charge in [-0.3, -0.25) is 0 Å². The Morgan fingerprint density at radius 1 is 1.58 bits per heavy atom. The molecule has 0 spiro atoms. The first-order valence-corrected chi connectivity index (χ1v) is 3.64. The van der Waals surface area contributed by atoms with Crippen LogP contribution in [0.25, 0.3) is 0 Å². The van der Waals surface area contributed by atoms with E-state index in [0.717, 1.165) is 5.56 Å². The third-order valence-corrected chi connectivity index (χ3v) is 1.98. The Morgan fingerprint density at radius 2 is 2.42 bits per heavy atom. The van der Waals surface area contributed by atoms with E-state index >= 15 is 0 Å². The number of benzene rings is 1. The van der Waals surface area contributed by atoms with Crippen LogP contribution in [0.1, 0.15) is 11.1 Å². The predicted octanol–water partition coefficient (Wildman–Crippen LogP) is -0.224. The Morgan fingerprint density at radius 3 is 3.17 bits per heavy atom. The second-order valence-electron chi connectivity index (χ2n) is 2.65. The fraction of sp³-hybridized carbons (Fsp3) is 0.125. The molecule has 0 bridgehead atoms. The van der Waals surface area contributed by atoms with Gasteiger partial charge >= 0.3 is 7.12 Å². The van der Waals surface area contributed by atoms with E-state index in [4.69, 9.17) is 9.92 Å². The van der Waals surface area contributed by atoms with Crippen LogP contribution < -0.4 is 5.46 Å². The number of nitriles is 1.